The molecule has 1 aliphatic heterocycles. The van der Waals surface area contributed by atoms with E-state index in [2.05, 4.69) is 61.8 Å². The van der Waals surface area contributed by atoms with Crippen LogP contribution in [-0.4, -0.2) is 37.9 Å². The Bertz CT molecular complexity index is 1970. The third kappa shape index (κ3) is 6.95. The molecule has 0 N–H and O–H groups in total. The summed E-state index contributed by atoms with van der Waals surface area (Å²) in [6, 6.07) is 19.2. The quantitative estimate of drug-likeness (QED) is 0.105. The Balaban J connectivity index is 1.81. The minimum absolute atomic E-state index is 0.150. The maximum absolute atomic E-state index is 14.2. The van der Waals surface area contributed by atoms with Gasteiger partial charge in [0.15, 0.2) is 0 Å². The summed E-state index contributed by atoms with van der Waals surface area (Å²) >= 11 is -4.28. The number of hydrogen-bond acceptors (Lipinski definition) is 7. The number of hydrogen-bond donors (Lipinski definition) is 0. The van der Waals surface area contributed by atoms with Gasteiger partial charge in [0.25, 0.3) is 0 Å². The van der Waals surface area contributed by atoms with Crippen LogP contribution in [0.5, 0.6) is 0 Å². The van der Waals surface area contributed by atoms with Crippen molar-refractivity contribution in [3.8, 4) is 0 Å². The van der Waals surface area contributed by atoms with Gasteiger partial charge in [0.1, 0.15) is 0 Å². The van der Waals surface area contributed by atoms with E-state index < -0.39 is 27.6 Å². The number of nitro benzene ring substituents is 2. The zero-order chi connectivity index (χ0) is 35.1. The Hall–Kier alpha value is -4.31. The molecule has 0 spiro atoms. The predicted octanol–water partition coefficient (Wildman–Crippen LogP) is 8.34. The van der Waals surface area contributed by atoms with Crippen LogP contribution in [0.1, 0.15) is 43.7 Å². The van der Waals surface area contributed by atoms with Crippen molar-refractivity contribution >= 4 is 62.8 Å². The van der Waals surface area contributed by atoms with Crippen LogP contribution in [-0.2, 0) is 11.9 Å². The van der Waals surface area contributed by atoms with Crippen LogP contribution < -0.4 is 14.7 Å². The van der Waals surface area contributed by atoms with E-state index in [1.54, 1.807) is 4.73 Å². The molecule has 13 heteroatoms. The maximum atomic E-state index is 14.2. The van der Waals surface area contributed by atoms with E-state index >= 15 is 0 Å². The van der Waals surface area contributed by atoms with Gasteiger partial charge in [-0.1, -0.05) is 0 Å². The first-order chi connectivity index (χ1) is 22.6. The number of halogens is 2. The van der Waals surface area contributed by atoms with E-state index in [1.165, 1.54) is 53.4 Å². The van der Waals surface area contributed by atoms with Crippen LogP contribution in [0, 0.1) is 61.8 Å². The normalized spacial score (nSPS) is 13.5. The molecule has 4 aromatic rings. The van der Waals surface area contributed by atoms with Crippen molar-refractivity contribution < 1.29 is 26.5 Å². The van der Waals surface area contributed by atoms with Crippen molar-refractivity contribution in [3.05, 3.63) is 132 Å². The van der Waals surface area contributed by atoms with Crippen LogP contribution >= 0.6 is 19.4 Å². The topological polar surface area (TPSA) is 113 Å². The summed E-state index contributed by atoms with van der Waals surface area (Å²) in [5, 5.41) is 22.7. The first-order valence-electron chi connectivity index (χ1n) is 15.0. The molecule has 1 saturated heterocycles. The summed E-state index contributed by atoms with van der Waals surface area (Å²) in [5.41, 5.74) is 8.60. The summed E-state index contributed by atoms with van der Waals surface area (Å²) in [6.45, 7) is 13.5. The SMILES string of the molecule is Cc1cc(C)c(N2CCN(c3c(C)cc(C)cc3C)[C]2=[Ru]([Cl])([Cl])=[CH]N(C(=O)c2ccc([N+](=O)[O-])cc2)c2ccc([N+](=O)[O-])cc2)c(C)c1. The summed E-state index contributed by atoms with van der Waals surface area (Å²) in [5.74, 6) is -0.549. The third-order valence-corrected chi connectivity index (χ3v) is 13.3. The first-order valence-corrected chi connectivity index (χ1v) is 21.3. The standard InChI is InChI=1S/C21H26N2.C14H9N3O5.2ClH.Ru/c1-14-9-16(3)20(17(4)10-14)22-7-8-23(13-22)21-18(5)11-15(2)12-19(21)6;1-15(11-6-8-13(9-7-11)17(21)22)14(18)10-2-4-12(5-3-10)16(19)20;;;/h9-12H,7-8H2,1-6H3;1-9H;2*1H;/q;;;;+2/p-2. The van der Waals surface area contributed by atoms with Crippen LogP contribution in [0.25, 0.3) is 0 Å². The molecule has 5 rings (SSSR count). The molecule has 0 aromatic heterocycles. The van der Waals surface area contributed by atoms with Gasteiger partial charge in [0.05, 0.1) is 0 Å². The monoisotopic (exact) mass is 777 g/mol. The average molecular weight is 778 g/mol. The van der Waals surface area contributed by atoms with E-state index in [-0.39, 0.29) is 16.9 Å². The molecule has 10 nitrogen and oxygen atoms in total. The van der Waals surface area contributed by atoms with Gasteiger partial charge in [-0.15, -0.1) is 0 Å². The van der Waals surface area contributed by atoms with Gasteiger partial charge < -0.3 is 0 Å². The van der Waals surface area contributed by atoms with Crippen LogP contribution in [0.15, 0.2) is 72.8 Å². The summed E-state index contributed by atoms with van der Waals surface area (Å²) in [6.07, 6.45) is 0. The number of carbonyl (C=O) groups excluding carboxylic acids is 1. The zero-order valence-corrected chi connectivity index (χ0v) is 30.6. The van der Waals surface area contributed by atoms with E-state index in [9.17, 15) is 25.0 Å². The molecular formula is C35H35Cl2N5O5Ru. The molecule has 4 aromatic carbocycles. The third-order valence-electron chi connectivity index (χ3n) is 8.09. The van der Waals surface area contributed by atoms with Crippen molar-refractivity contribution in [1.29, 1.82) is 0 Å². The molecule has 48 heavy (non-hydrogen) atoms. The van der Waals surface area contributed by atoms with Gasteiger partial charge in [0, 0.05) is 0 Å². The van der Waals surface area contributed by atoms with Crippen molar-refractivity contribution in [1.82, 2.24) is 0 Å². The molecule has 0 unspecified atom stereocenters. The Kier molecular flexibility index (Phi) is 9.97. The number of aryl methyl sites for hydroxylation is 6. The Labute approximate surface area is 289 Å². The Morgan fingerprint density at radius 1 is 0.708 bits per heavy atom. The molecular weight excluding hydrogens is 742 g/mol. The molecule has 1 heterocycles. The molecule has 1 fully saturated rings. The fourth-order valence-corrected chi connectivity index (χ4v) is 12.1. The first kappa shape index (κ1) is 35.0. The average Bonchev–Trinajstić information content (AvgIpc) is 3.43. The van der Waals surface area contributed by atoms with Crippen molar-refractivity contribution in [2.24, 2.45) is 0 Å². The zero-order valence-electron chi connectivity index (χ0n) is 27.3. The molecule has 0 radical (unpaired) electrons. The number of rotatable bonds is 7. The second kappa shape index (κ2) is 13.7. The molecule has 1 aliphatic rings. The van der Waals surface area contributed by atoms with Crippen LogP contribution in [0.3, 0.4) is 0 Å². The van der Waals surface area contributed by atoms with E-state index in [1.807, 2.05) is 13.8 Å². The van der Waals surface area contributed by atoms with E-state index in [0.29, 0.717) is 23.1 Å². The van der Waals surface area contributed by atoms with E-state index in [0.717, 1.165) is 44.8 Å². The number of anilines is 3. The molecule has 0 aliphatic carbocycles. The van der Waals surface area contributed by atoms with Gasteiger partial charge in [-0.25, -0.2) is 0 Å². The fourth-order valence-electron chi connectivity index (χ4n) is 6.34. The van der Waals surface area contributed by atoms with Crippen LogP contribution in [0.2, 0.25) is 0 Å². The van der Waals surface area contributed by atoms with Gasteiger partial charge in [-0.05, 0) is 0 Å². The number of non-ortho nitro benzene ring substituents is 2. The number of nitrogens with zero attached hydrogens (tertiary/aromatic N) is 5. The van der Waals surface area contributed by atoms with Gasteiger partial charge >= 0.3 is 291 Å². The summed E-state index contributed by atoms with van der Waals surface area (Å²) in [4.78, 5) is 41.5. The number of carbonyl (C=O) groups is 1. The Morgan fingerprint density at radius 2 is 1.08 bits per heavy atom. The van der Waals surface area contributed by atoms with Crippen LogP contribution in [0.4, 0.5) is 28.4 Å². The Morgan fingerprint density at radius 3 is 1.46 bits per heavy atom. The van der Waals surface area contributed by atoms with Gasteiger partial charge in [-0.2, -0.15) is 0 Å². The number of nitro groups is 2. The molecule has 252 valence electrons. The predicted molar refractivity (Wildman–Crippen MR) is 192 cm³/mol. The summed E-state index contributed by atoms with van der Waals surface area (Å²) < 4.78 is 2.24. The molecule has 0 bridgehead atoms. The number of benzene rings is 4. The fraction of sp³-hybridized carbons (Fsp3) is 0.229. The second-order valence-electron chi connectivity index (χ2n) is 11.8. The minimum atomic E-state index is -4.28. The molecule has 0 atom stereocenters. The second-order valence-corrected chi connectivity index (χ2v) is 21.0. The van der Waals surface area contributed by atoms with Gasteiger partial charge in [0.2, 0.25) is 0 Å². The van der Waals surface area contributed by atoms with Crippen molar-refractivity contribution in [2.45, 2.75) is 41.5 Å². The van der Waals surface area contributed by atoms with E-state index in [4.69, 9.17) is 19.4 Å². The summed E-state index contributed by atoms with van der Waals surface area (Å²) in [7, 11) is 15.2. The molecule has 1 amide bonds. The number of amides is 1. The van der Waals surface area contributed by atoms with Crippen molar-refractivity contribution in [3.63, 3.8) is 0 Å². The van der Waals surface area contributed by atoms with Gasteiger partial charge in [-0.3, -0.25) is 0 Å². The molecule has 0 saturated carbocycles. The van der Waals surface area contributed by atoms with Crippen molar-refractivity contribution in [2.75, 3.05) is 27.8 Å².